The van der Waals surface area contributed by atoms with E-state index in [0.29, 0.717) is 46.8 Å². The second-order valence-corrected chi connectivity index (χ2v) is 11.2. The highest BCUT2D eigenvalue weighted by atomic mass is 19.1. The molecular weight excluding hydrogens is 581 g/mol. The van der Waals surface area contributed by atoms with E-state index in [1.165, 1.54) is 16.8 Å². The molecule has 0 fully saturated rings. The SMILES string of the molecule is C=CCc1cc(C=Nn2c(-c3cc(C(C)C)c(OCC)cc3C)nc3ccccc3c2=O)cc(OC)c1OCc1ccc(F)cc1. The molecule has 236 valence electrons. The maximum atomic E-state index is 13.9. The van der Waals surface area contributed by atoms with Crippen LogP contribution in [0.15, 0.2) is 95.3 Å². The van der Waals surface area contributed by atoms with Crippen molar-refractivity contribution in [2.24, 2.45) is 5.10 Å². The summed E-state index contributed by atoms with van der Waals surface area (Å²) >= 11 is 0. The lowest BCUT2D eigenvalue weighted by molar-refractivity contribution is 0.282. The van der Waals surface area contributed by atoms with Crippen molar-refractivity contribution in [3.05, 3.63) is 129 Å². The van der Waals surface area contributed by atoms with Gasteiger partial charge in [0.2, 0.25) is 0 Å². The zero-order valence-corrected chi connectivity index (χ0v) is 26.8. The summed E-state index contributed by atoms with van der Waals surface area (Å²) in [5, 5.41) is 5.18. The van der Waals surface area contributed by atoms with E-state index in [4.69, 9.17) is 24.3 Å². The van der Waals surface area contributed by atoms with Gasteiger partial charge in [0, 0.05) is 11.1 Å². The monoisotopic (exact) mass is 619 g/mol. The zero-order chi connectivity index (χ0) is 32.8. The number of nitrogens with zero attached hydrogens (tertiary/aromatic N) is 3. The average molecular weight is 620 g/mol. The van der Waals surface area contributed by atoms with Gasteiger partial charge in [-0.1, -0.05) is 44.2 Å². The molecule has 0 bridgehead atoms. The Morgan fingerprint density at radius 2 is 1.78 bits per heavy atom. The topological polar surface area (TPSA) is 74.9 Å². The number of aromatic nitrogens is 2. The van der Waals surface area contributed by atoms with Gasteiger partial charge in [-0.05, 0) is 97.0 Å². The summed E-state index contributed by atoms with van der Waals surface area (Å²) in [6.07, 6.45) is 3.90. The smallest absolute Gasteiger partial charge is 0.282 e. The molecule has 1 aromatic heterocycles. The molecular formula is C38H38FN3O4. The number of methoxy groups -OCH3 is 1. The van der Waals surface area contributed by atoms with E-state index in [0.717, 1.165) is 33.6 Å². The number of hydrogen-bond donors (Lipinski definition) is 0. The first kappa shape index (κ1) is 32.2. The van der Waals surface area contributed by atoms with E-state index in [-0.39, 0.29) is 23.9 Å². The van der Waals surface area contributed by atoms with E-state index in [1.807, 2.05) is 50.2 Å². The van der Waals surface area contributed by atoms with Crippen LogP contribution in [-0.4, -0.2) is 29.6 Å². The second-order valence-electron chi connectivity index (χ2n) is 11.2. The highest BCUT2D eigenvalue weighted by Crippen LogP contribution is 2.36. The second kappa shape index (κ2) is 14.2. The Balaban J connectivity index is 1.62. The molecule has 0 spiro atoms. The molecule has 0 aliphatic heterocycles. The summed E-state index contributed by atoms with van der Waals surface area (Å²) in [7, 11) is 1.57. The fourth-order valence-corrected chi connectivity index (χ4v) is 5.32. The molecule has 0 amide bonds. The first-order valence-electron chi connectivity index (χ1n) is 15.3. The molecule has 0 radical (unpaired) electrons. The van der Waals surface area contributed by atoms with Gasteiger partial charge >= 0.3 is 0 Å². The largest absolute Gasteiger partial charge is 0.494 e. The van der Waals surface area contributed by atoms with Crippen LogP contribution in [0.2, 0.25) is 0 Å². The fourth-order valence-electron chi connectivity index (χ4n) is 5.32. The summed E-state index contributed by atoms with van der Waals surface area (Å²) in [4.78, 5) is 18.9. The number of fused-ring (bicyclic) bond motifs is 1. The van der Waals surface area contributed by atoms with Crippen LogP contribution in [0.4, 0.5) is 4.39 Å². The first-order valence-corrected chi connectivity index (χ1v) is 15.3. The minimum atomic E-state index is -0.306. The summed E-state index contributed by atoms with van der Waals surface area (Å²) in [5.74, 6) is 2.18. The molecule has 5 rings (SSSR count). The summed E-state index contributed by atoms with van der Waals surface area (Å²) in [5.41, 5.74) is 5.37. The lowest BCUT2D eigenvalue weighted by Crippen LogP contribution is -2.21. The third-order valence-electron chi connectivity index (χ3n) is 7.63. The highest BCUT2D eigenvalue weighted by Gasteiger charge is 2.19. The van der Waals surface area contributed by atoms with Crippen molar-refractivity contribution in [2.45, 2.75) is 46.6 Å². The molecule has 0 N–H and O–H groups in total. The number of allylic oxidation sites excluding steroid dienone is 1. The van der Waals surface area contributed by atoms with Crippen molar-refractivity contribution in [3.63, 3.8) is 0 Å². The van der Waals surface area contributed by atoms with Gasteiger partial charge in [0.15, 0.2) is 17.3 Å². The van der Waals surface area contributed by atoms with Crippen LogP contribution >= 0.6 is 0 Å². The van der Waals surface area contributed by atoms with Gasteiger partial charge in [-0.2, -0.15) is 9.78 Å². The quantitative estimate of drug-likeness (QED) is 0.104. The van der Waals surface area contributed by atoms with Gasteiger partial charge in [0.1, 0.15) is 18.2 Å². The van der Waals surface area contributed by atoms with E-state index in [1.54, 1.807) is 43.7 Å². The van der Waals surface area contributed by atoms with Crippen LogP contribution < -0.4 is 19.8 Å². The van der Waals surface area contributed by atoms with E-state index in [9.17, 15) is 9.18 Å². The maximum absolute atomic E-state index is 13.9. The van der Waals surface area contributed by atoms with Crippen LogP contribution in [0.25, 0.3) is 22.3 Å². The molecule has 0 saturated carbocycles. The Kier molecular flexibility index (Phi) is 9.96. The molecule has 5 aromatic rings. The van der Waals surface area contributed by atoms with Gasteiger partial charge in [-0.3, -0.25) is 4.79 Å². The van der Waals surface area contributed by atoms with Crippen molar-refractivity contribution in [1.29, 1.82) is 0 Å². The van der Waals surface area contributed by atoms with Crippen LogP contribution in [-0.2, 0) is 13.0 Å². The normalized spacial score (nSPS) is 11.4. The summed E-state index contributed by atoms with van der Waals surface area (Å²) in [6.45, 7) is 12.8. The lowest BCUT2D eigenvalue weighted by atomic mass is 9.96. The van der Waals surface area contributed by atoms with Crippen molar-refractivity contribution in [2.75, 3.05) is 13.7 Å². The minimum Gasteiger partial charge on any atom is -0.494 e. The van der Waals surface area contributed by atoms with Crippen LogP contribution in [0.3, 0.4) is 0 Å². The van der Waals surface area contributed by atoms with Crippen molar-refractivity contribution in [3.8, 4) is 28.6 Å². The Bertz CT molecular complexity index is 1960. The fraction of sp³-hybridized carbons (Fsp3) is 0.237. The Morgan fingerprint density at radius 3 is 2.48 bits per heavy atom. The van der Waals surface area contributed by atoms with Crippen molar-refractivity contribution in [1.82, 2.24) is 9.66 Å². The number of rotatable bonds is 12. The number of para-hydroxylation sites is 1. The number of hydrogen-bond acceptors (Lipinski definition) is 6. The third-order valence-corrected chi connectivity index (χ3v) is 7.63. The van der Waals surface area contributed by atoms with Gasteiger partial charge < -0.3 is 14.2 Å². The van der Waals surface area contributed by atoms with Gasteiger partial charge in [-0.25, -0.2) is 9.37 Å². The van der Waals surface area contributed by atoms with Gasteiger partial charge in [-0.15, -0.1) is 6.58 Å². The summed E-state index contributed by atoms with van der Waals surface area (Å²) in [6, 6.07) is 21.2. The van der Waals surface area contributed by atoms with Crippen LogP contribution in [0.5, 0.6) is 17.2 Å². The number of halogens is 1. The molecule has 4 aromatic carbocycles. The Labute approximate surface area is 268 Å². The predicted molar refractivity (Wildman–Crippen MR) is 182 cm³/mol. The van der Waals surface area contributed by atoms with Gasteiger partial charge in [0.25, 0.3) is 5.56 Å². The third kappa shape index (κ3) is 6.86. The van der Waals surface area contributed by atoms with Crippen LogP contribution in [0.1, 0.15) is 54.5 Å². The molecule has 46 heavy (non-hydrogen) atoms. The van der Waals surface area contributed by atoms with Crippen molar-refractivity contribution >= 4 is 17.1 Å². The predicted octanol–water partition coefficient (Wildman–Crippen LogP) is 8.23. The zero-order valence-electron chi connectivity index (χ0n) is 26.8. The molecule has 7 nitrogen and oxygen atoms in total. The molecule has 8 heteroatoms. The Hall–Kier alpha value is -5.24. The molecule has 0 saturated heterocycles. The average Bonchev–Trinajstić information content (AvgIpc) is 3.04. The minimum absolute atomic E-state index is 0.185. The highest BCUT2D eigenvalue weighted by molar-refractivity contribution is 5.83. The summed E-state index contributed by atoms with van der Waals surface area (Å²) < 4.78 is 32.6. The number of ether oxygens (including phenoxy) is 3. The van der Waals surface area contributed by atoms with Crippen LogP contribution in [0, 0.1) is 12.7 Å². The number of aryl methyl sites for hydroxylation is 1. The lowest BCUT2D eigenvalue weighted by Gasteiger charge is -2.18. The maximum Gasteiger partial charge on any atom is 0.282 e. The van der Waals surface area contributed by atoms with Gasteiger partial charge in [0.05, 0.1) is 30.8 Å². The molecule has 0 atom stereocenters. The Morgan fingerprint density at radius 1 is 1.02 bits per heavy atom. The van der Waals surface area contributed by atoms with E-state index >= 15 is 0 Å². The molecule has 0 aliphatic carbocycles. The van der Waals surface area contributed by atoms with Crippen molar-refractivity contribution < 1.29 is 18.6 Å². The first-order chi connectivity index (χ1) is 22.2. The van der Waals surface area contributed by atoms with E-state index in [2.05, 4.69) is 20.4 Å². The number of benzene rings is 4. The molecule has 0 aliphatic rings. The van der Waals surface area contributed by atoms with E-state index < -0.39 is 0 Å². The molecule has 1 heterocycles. The molecule has 0 unspecified atom stereocenters. The standard InChI is InChI=1S/C38H38FN3O4/c1-7-11-28-19-27(20-35(44-6)36(28)46-23-26-14-16-29(39)17-15-26)22-40-42-37(41-33-13-10-9-12-30(33)38(42)43)32-21-31(24(3)4)34(45-8-2)18-25(32)5/h7,9-10,12-22,24H,1,8,11,23H2,2-6H3.